The average Bonchev–Trinajstić information content (AvgIpc) is 1.83. The van der Waals surface area contributed by atoms with Crippen LogP contribution in [0.5, 0.6) is 0 Å². The van der Waals surface area contributed by atoms with E-state index in [4.69, 9.17) is 5.41 Å². The number of rotatable bonds is 3. The van der Waals surface area contributed by atoms with Crippen molar-refractivity contribution in [2.45, 2.75) is 13.3 Å². The third-order valence-electron chi connectivity index (χ3n) is 0.770. The second-order valence-corrected chi connectivity index (χ2v) is 1.54. The van der Waals surface area contributed by atoms with E-state index in [-0.39, 0.29) is 0 Å². The first-order chi connectivity index (χ1) is 3.81. The van der Waals surface area contributed by atoms with Crippen LogP contribution in [0.25, 0.3) is 0 Å². The van der Waals surface area contributed by atoms with Crippen LogP contribution in [0.4, 0.5) is 0 Å². The van der Waals surface area contributed by atoms with Gasteiger partial charge in [-0.15, -0.1) is 0 Å². The molecule has 0 aliphatic carbocycles. The number of nitrogens with one attached hydrogen (secondary N) is 2. The molecule has 0 saturated heterocycles. The van der Waals surface area contributed by atoms with Crippen LogP contribution in [0.3, 0.4) is 0 Å². The minimum atomic E-state index is 0.409. The summed E-state index contributed by atoms with van der Waals surface area (Å²) in [5.74, 6) is 0.409. The Kier molecular flexibility index (Phi) is 3.94. The third-order valence-corrected chi connectivity index (χ3v) is 0.770. The Labute approximate surface area is 50.1 Å². The van der Waals surface area contributed by atoms with Crippen molar-refractivity contribution < 1.29 is 0 Å². The first-order valence-electron chi connectivity index (χ1n) is 2.76. The Hall–Kier alpha value is -0.790. The highest BCUT2D eigenvalue weighted by atomic mass is 14.9. The van der Waals surface area contributed by atoms with Gasteiger partial charge < -0.3 is 5.32 Å². The minimum Gasteiger partial charge on any atom is -0.371 e. The topological polar surface area (TPSA) is 35.9 Å². The predicted octanol–water partition coefficient (Wildman–Crippen LogP) is 1.15. The molecule has 2 N–H and O–H groups in total. The zero-order valence-electron chi connectivity index (χ0n) is 5.20. The van der Waals surface area contributed by atoms with Crippen LogP contribution in [-0.2, 0) is 0 Å². The molecule has 0 amide bonds. The summed E-state index contributed by atoms with van der Waals surface area (Å²) in [6.45, 7) is 6.35. The van der Waals surface area contributed by atoms with E-state index >= 15 is 0 Å². The Morgan fingerprint density at radius 2 is 2.50 bits per heavy atom. The fourth-order valence-corrected chi connectivity index (χ4v) is 0.332. The fraction of sp³-hybridized carbons (Fsp3) is 0.500. The Morgan fingerprint density at radius 3 is 2.88 bits per heavy atom. The zero-order chi connectivity index (χ0) is 6.41. The molecule has 0 unspecified atom stereocenters. The minimum absolute atomic E-state index is 0.409. The van der Waals surface area contributed by atoms with Crippen LogP contribution in [0.2, 0.25) is 0 Å². The van der Waals surface area contributed by atoms with Gasteiger partial charge in [-0.05, 0) is 12.5 Å². The molecule has 0 aromatic heterocycles. The fourth-order valence-electron chi connectivity index (χ4n) is 0.332. The van der Waals surface area contributed by atoms with Gasteiger partial charge in [-0.3, -0.25) is 5.41 Å². The molecule has 0 bridgehead atoms. The summed E-state index contributed by atoms with van der Waals surface area (Å²) in [6, 6.07) is 0. The van der Waals surface area contributed by atoms with E-state index in [1.54, 1.807) is 0 Å². The third kappa shape index (κ3) is 3.40. The van der Waals surface area contributed by atoms with E-state index in [0.29, 0.717) is 5.84 Å². The van der Waals surface area contributed by atoms with Gasteiger partial charge in [-0.2, -0.15) is 0 Å². The predicted molar refractivity (Wildman–Crippen MR) is 36.2 cm³/mol. The summed E-state index contributed by atoms with van der Waals surface area (Å²) in [5, 5.41) is 9.86. The summed E-state index contributed by atoms with van der Waals surface area (Å²) in [4.78, 5) is 0. The van der Waals surface area contributed by atoms with Crippen molar-refractivity contribution in [1.29, 1.82) is 5.41 Å². The number of hydrogen-bond donors (Lipinski definition) is 2. The first kappa shape index (κ1) is 7.21. The standard InChI is InChI=1S/C6H12N2/c1-3-5-8-6(7)4-2/h4H,2-3,5H2,1H3,(H2,7,8). The normalized spacial score (nSPS) is 8.12. The van der Waals surface area contributed by atoms with Gasteiger partial charge in [0.1, 0.15) is 5.84 Å². The molecule has 0 radical (unpaired) electrons. The molecule has 0 spiro atoms. The number of hydrogen-bond acceptors (Lipinski definition) is 1. The summed E-state index contributed by atoms with van der Waals surface area (Å²) in [7, 11) is 0. The molecule has 46 valence electrons. The van der Waals surface area contributed by atoms with Crippen molar-refractivity contribution in [1.82, 2.24) is 5.32 Å². The molecule has 0 saturated carbocycles. The van der Waals surface area contributed by atoms with Crippen molar-refractivity contribution in [3.8, 4) is 0 Å². The summed E-state index contributed by atoms with van der Waals surface area (Å²) >= 11 is 0. The maximum absolute atomic E-state index is 7.01. The monoisotopic (exact) mass is 112 g/mol. The molecule has 0 aliphatic heterocycles. The molecule has 0 aromatic rings. The largest absolute Gasteiger partial charge is 0.371 e. The second kappa shape index (κ2) is 4.37. The summed E-state index contributed by atoms with van der Waals surface area (Å²) < 4.78 is 0. The maximum atomic E-state index is 7.01. The molecule has 0 aliphatic rings. The average molecular weight is 112 g/mol. The molecule has 0 atom stereocenters. The SMILES string of the molecule is C=CC(=N)NCCC. The van der Waals surface area contributed by atoms with Crippen molar-refractivity contribution in [2.75, 3.05) is 6.54 Å². The van der Waals surface area contributed by atoms with E-state index in [9.17, 15) is 0 Å². The van der Waals surface area contributed by atoms with Gasteiger partial charge in [0, 0.05) is 6.54 Å². The van der Waals surface area contributed by atoms with E-state index in [1.165, 1.54) is 6.08 Å². The molecule has 2 heteroatoms. The van der Waals surface area contributed by atoms with Crippen LogP contribution in [0, 0.1) is 5.41 Å². The Bertz CT molecular complexity index is 86.5. The zero-order valence-corrected chi connectivity index (χ0v) is 5.20. The lowest BCUT2D eigenvalue weighted by Crippen LogP contribution is -2.20. The van der Waals surface area contributed by atoms with Crippen LogP contribution in [0.1, 0.15) is 13.3 Å². The van der Waals surface area contributed by atoms with Gasteiger partial charge in [-0.25, -0.2) is 0 Å². The lowest BCUT2D eigenvalue weighted by molar-refractivity contribution is 0.839. The molecule has 0 fully saturated rings. The summed E-state index contributed by atoms with van der Waals surface area (Å²) in [6.07, 6.45) is 2.55. The Morgan fingerprint density at radius 1 is 1.88 bits per heavy atom. The molecular weight excluding hydrogens is 100 g/mol. The van der Waals surface area contributed by atoms with Crippen LogP contribution >= 0.6 is 0 Å². The molecule has 8 heavy (non-hydrogen) atoms. The first-order valence-corrected chi connectivity index (χ1v) is 2.76. The highest BCUT2D eigenvalue weighted by Crippen LogP contribution is 1.70. The van der Waals surface area contributed by atoms with Crippen molar-refractivity contribution in [3.05, 3.63) is 12.7 Å². The number of amidine groups is 1. The molecule has 0 rings (SSSR count). The smallest absolute Gasteiger partial charge is 0.117 e. The molecule has 0 aromatic carbocycles. The van der Waals surface area contributed by atoms with Gasteiger partial charge in [-0.1, -0.05) is 13.5 Å². The van der Waals surface area contributed by atoms with Gasteiger partial charge >= 0.3 is 0 Å². The maximum Gasteiger partial charge on any atom is 0.117 e. The van der Waals surface area contributed by atoms with Crippen molar-refractivity contribution in [3.63, 3.8) is 0 Å². The van der Waals surface area contributed by atoms with Gasteiger partial charge in [0.25, 0.3) is 0 Å². The van der Waals surface area contributed by atoms with E-state index in [1.807, 2.05) is 0 Å². The highest BCUT2D eigenvalue weighted by molar-refractivity contribution is 5.89. The van der Waals surface area contributed by atoms with Gasteiger partial charge in [0.2, 0.25) is 0 Å². The van der Waals surface area contributed by atoms with E-state index in [2.05, 4.69) is 18.8 Å². The van der Waals surface area contributed by atoms with E-state index in [0.717, 1.165) is 13.0 Å². The van der Waals surface area contributed by atoms with Crippen LogP contribution < -0.4 is 5.32 Å². The Balaban J connectivity index is 3.11. The molecular formula is C6H12N2. The van der Waals surface area contributed by atoms with Crippen LogP contribution in [0.15, 0.2) is 12.7 Å². The molecule has 2 nitrogen and oxygen atoms in total. The molecule has 0 heterocycles. The van der Waals surface area contributed by atoms with Crippen LogP contribution in [-0.4, -0.2) is 12.4 Å². The summed E-state index contributed by atoms with van der Waals surface area (Å²) in [5.41, 5.74) is 0. The highest BCUT2D eigenvalue weighted by Gasteiger charge is 1.82. The quantitative estimate of drug-likeness (QED) is 0.417. The lowest BCUT2D eigenvalue weighted by Gasteiger charge is -1.98. The van der Waals surface area contributed by atoms with Gasteiger partial charge in [0.05, 0.1) is 0 Å². The van der Waals surface area contributed by atoms with Crippen molar-refractivity contribution in [2.24, 2.45) is 0 Å². The van der Waals surface area contributed by atoms with E-state index < -0.39 is 0 Å². The van der Waals surface area contributed by atoms with Gasteiger partial charge in [0.15, 0.2) is 0 Å². The second-order valence-electron chi connectivity index (χ2n) is 1.54. The lowest BCUT2D eigenvalue weighted by atomic mass is 10.4. The van der Waals surface area contributed by atoms with Crippen molar-refractivity contribution >= 4 is 5.84 Å².